The smallest absolute Gasteiger partial charge is 0.399 e. The van der Waals surface area contributed by atoms with Crippen LogP contribution in [0.3, 0.4) is 0 Å². The molecule has 18 aromatic rings. The number of aromatic nitrogens is 2. The molecule has 0 spiro atoms. The van der Waals surface area contributed by atoms with Crippen LogP contribution < -0.4 is 5.46 Å². The monoisotopic (exact) mass is 1680 g/mol. The minimum Gasteiger partial charge on any atom is -0.399 e. The highest BCUT2D eigenvalue weighted by molar-refractivity contribution is 14.1. The van der Waals surface area contributed by atoms with Gasteiger partial charge in [-0.3, -0.25) is 0 Å². The molecule has 1 saturated heterocycles. The van der Waals surface area contributed by atoms with Crippen LogP contribution in [0.2, 0.25) is 0 Å². The topological polar surface area (TPSA) is 28.3 Å². The van der Waals surface area contributed by atoms with Crippen molar-refractivity contribution in [2.24, 2.45) is 0 Å². The molecule has 16 aromatic carbocycles. The molecule has 4 nitrogen and oxygen atoms in total. The van der Waals surface area contributed by atoms with E-state index < -0.39 is 29.2 Å². The lowest BCUT2D eigenvalue weighted by Gasteiger charge is -2.34. The molecule has 2 aromatic heterocycles. The van der Waals surface area contributed by atoms with Gasteiger partial charge < -0.3 is 18.4 Å². The molecule has 3 aliphatic rings. The van der Waals surface area contributed by atoms with Gasteiger partial charge in [0.25, 0.3) is 0 Å². The fourth-order valence-corrected chi connectivity index (χ4v) is 19.6. The fourth-order valence-electron chi connectivity index (χ4n) is 17.9. The normalized spacial score (nSPS) is 14.4. The first-order chi connectivity index (χ1) is 54.7. The van der Waals surface area contributed by atoms with Crippen molar-refractivity contribution in [3.8, 4) is 67.0 Å². The molecule has 0 N–H and O–H groups in total. The van der Waals surface area contributed by atoms with Crippen LogP contribution in [0.15, 0.2) is 397 Å². The van der Waals surface area contributed by atoms with Crippen molar-refractivity contribution in [1.82, 2.24) is 9.13 Å². The van der Waals surface area contributed by atoms with E-state index in [9.17, 15) is 0 Å². The largest absolute Gasteiger partial charge is 0.494 e. The van der Waals surface area contributed by atoms with Gasteiger partial charge in [-0.25, -0.2) is 0 Å². The maximum atomic E-state index is 6.42. The number of rotatable bonds is 10. The van der Waals surface area contributed by atoms with Gasteiger partial charge in [0.2, 0.25) is 0 Å². The van der Waals surface area contributed by atoms with Gasteiger partial charge in [-0.2, -0.15) is 0 Å². The molecule has 1 aliphatic heterocycles. The third-order valence-electron chi connectivity index (χ3n) is 23.6. The third kappa shape index (κ3) is 12.1. The fraction of sp³-hybridized carbons (Fsp3) is 0.0769. The average molecular weight is 1680 g/mol. The Morgan fingerprint density at radius 2 is 0.616 bits per heavy atom. The summed E-state index contributed by atoms with van der Waals surface area (Å²) in [4.78, 5) is 0. The molecule has 0 bridgehead atoms. The van der Waals surface area contributed by atoms with E-state index in [1.54, 1.807) is 0 Å². The molecule has 112 heavy (non-hydrogen) atoms. The van der Waals surface area contributed by atoms with Crippen LogP contribution in [0, 0.1) is 3.57 Å². The lowest BCUT2D eigenvalue weighted by molar-refractivity contribution is 0.00578. The van der Waals surface area contributed by atoms with E-state index in [4.69, 9.17) is 9.31 Å². The molecule has 538 valence electrons. The number of para-hydroxylation sites is 2. The van der Waals surface area contributed by atoms with Gasteiger partial charge in [-0.15, -0.1) is 0 Å². The predicted molar refractivity (Wildman–Crippen MR) is 483 cm³/mol. The predicted octanol–water partition coefficient (Wildman–Crippen LogP) is 27.4. The van der Waals surface area contributed by atoms with E-state index in [1.165, 1.54) is 136 Å². The highest BCUT2D eigenvalue weighted by Gasteiger charge is 2.52. The minimum absolute atomic E-state index is 0.392. The van der Waals surface area contributed by atoms with Crippen molar-refractivity contribution < 1.29 is 9.31 Å². The second-order valence-corrected chi connectivity index (χ2v) is 33.5. The van der Waals surface area contributed by atoms with Crippen LogP contribution >= 0.6 is 54.5 Å². The van der Waals surface area contributed by atoms with Crippen molar-refractivity contribution in [3.05, 3.63) is 445 Å². The molecule has 1 fully saturated rings. The quantitative estimate of drug-likeness (QED) is 0.101. The van der Waals surface area contributed by atoms with Crippen LogP contribution in [-0.2, 0) is 20.1 Å². The van der Waals surface area contributed by atoms with Gasteiger partial charge in [0.05, 0.1) is 44.1 Å². The Kier molecular flexibility index (Phi) is 18.3. The first-order valence-electron chi connectivity index (χ1n) is 38.3. The molecule has 0 radical (unpaired) electrons. The number of fused-ring (bicyclic) bond motifs is 12. The van der Waals surface area contributed by atoms with Crippen molar-refractivity contribution in [2.75, 3.05) is 0 Å². The van der Waals surface area contributed by atoms with E-state index >= 15 is 0 Å². The molecule has 2 aliphatic carbocycles. The zero-order valence-electron chi connectivity index (χ0n) is 62.4. The number of benzene rings is 16. The van der Waals surface area contributed by atoms with Crippen molar-refractivity contribution in [3.63, 3.8) is 0 Å². The molecule has 0 amide bonds. The first kappa shape index (κ1) is 71.1. The van der Waals surface area contributed by atoms with E-state index in [-0.39, 0.29) is 0 Å². The van der Waals surface area contributed by atoms with E-state index in [1.807, 2.05) is 12.1 Å². The van der Waals surface area contributed by atoms with Gasteiger partial charge in [-0.1, -0.05) is 323 Å². The van der Waals surface area contributed by atoms with Crippen LogP contribution in [-0.4, -0.2) is 27.5 Å². The van der Waals surface area contributed by atoms with Gasteiger partial charge in [0.15, 0.2) is 0 Å². The second kappa shape index (κ2) is 28.8. The summed E-state index contributed by atoms with van der Waals surface area (Å²) in [6.07, 6.45) is 0. The van der Waals surface area contributed by atoms with Crippen LogP contribution in [0.4, 0.5) is 0 Å². The standard InChI is InChI=1S/C49H40BNO2.C49H32BrN.C6H4BrI/c1-47(2)48(3,4)53-50(52-47)37-21-15-16-33(30-37)34-26-29-46-42(31-34)41-23-12-14-25-45(41)51(46)38-27-28-40-39-22-11-13-24-43(39)49(44(40)32-38,35-17-7-5-8-18-35)36-19-9-6-10-20-36;50-39-20-12-15-35(30-39)33-13-11-14-34(29-33)36-25-28-48-44(31-36)43-22-8-10-24-47(43)51(48)40-26-27-42-41-21-7-9-23-45(41)49(46(42)32-40,37-16-3-1-4-17-37)38-18-5-2-6-19-38;7-5-2-1-3-6(8)4-5/h5-32H,1-4H3;1-32H;1-4H. The molecular weight excluding hydrogens is 1610 g/mol. The van der Waals surface area contributed by atoms with Gasteiger partial charge in [-0.05, 0) is 253 Å². The second-order valence-electron chi connectivity index (χ2n) is 30.4. The lowest BCUT2D eigenvalue weighted by atomic mass is 9.67. The third-order valence-corrected chi connectivity index (χ3v) is 25.3. The average Bonchev–Trinajstić information content (AvgIpc) is 1.54. The Labute approximate surface area is 685 Å². The summed E-state index contributed by atoms with van der Waals surface area (Å²) in [6, 6.07) is 142. The number of nitrogens with zero attached hydrogens (tertiary/aromatic N) is 2. The molecule has 0 saturated carbocycles. The summed E-state index contributed by atoms with van der Waals surface area (Å²) in [5.41, 5.74) is 29.0. The Hall–Kier alpha value is -11.2. The van der Waals surface area contributed by atoms with Gasteiger partial charge in [0, 0.05) is 45.4 Å². The molecule has 21 rings (SSSR count). The highest BCUT2D eigenvalue weighted by atomic mass is 127. The number of hydrogen-bond acceptors (Lipinski definition) is 2. The summed E-state index contributed by atoms with van der Waals surface area (Å²) in [5, 5.41) is 4.95. The maximum absolute atomic E-state index is 6.42. The van der Waals surface area contributed by atoms with E-state index in [0.717, 1.165) is 36.9 Å². The highest BCUT2D eigenvalue weighted by Crippen LogP contribution is 2.59. The lowest BCUT2D eigenvalue weighted by Crippen LogP contribution is -2.41. The molecule has 8 heteroatoms. The van der Waals surface area contributed by atoms with Crippen LogP contribution in [0.25, 0.3) is 111 Å². The Morgan fingerprint density at radius 1 is 0.268 bits per heavy atom. The summed E-state index contributed by atoms with van der Waals surface area (Å²) < 4.78 is 21.2. The summed E-state index contributed by atoms with van der Waals surface area (Å²) in [7, 11) is -0.407. The van der Waals surface area contributed by atoms with Crippen molar-refractivity contribution in [2.45, 2.75) is 49.7 Å². The van der Waals surface area contributed by atoms with Crippen LogP contribution in [0.1, 0.15) is 72.2 Å². The van der Waals surface area contributed by atoms with Crippen molar-refractivity contribution in [1.29, 1.82) is 0 Å². The molecule has 0 unspecified atom stereocenters. The SMILES string of the molecule is Brc1cccc(-c2cccc(-c3ccc4c(c3)c3ccccc3n4-c3ccc4c(c3)C(c3ccccc3)(c3ccccc3)c3ccccc3-4)c2)c1.Brc1cccc(I)c1.CC1(C)OB(c2cccc(-c3ccc4c(c3)c3ccccc3n4-c3ccc4c(c3)C(c3ccccc3)(c3ccccc3)c3ccccc3-4)c2)OC1(C)C. The Morgan fingerprint density at radius 3 is 1.04 bits per heavy atom. The molecular formula is C104H76BBr2IN2O2. The molecule has 0 atom stereocenters. The van der Waals surface area contributed by atoms with Crippen molar-refractivity contribution >= 4 is 111 Å². The number of halogens is 3. The van der Waals surface area contributed by atoms with Gasteiger partial charge in [0.1, 0.15) is 0 Å². The van der Waals surface area contributed by atoms with E-state index in [0.29, 0.717) is 0 Å². The zero-order chi connectivity index (χ0) is 75.9. The maximum Gasteiger partial charge on any atom is 0.494 e. The van der Waals surface area contributed by atoms with Gasteiger partial charge >= 0.3 is 7.12 Å². The van der Waals surface area contributed by atoms with Crippen LogP contribution in [0.5, 0.6) is 0 Å². The number of hydrogen-bond donors (Lipinski definition) is 0. The summed E-state index contributed by atoms with van der Waals surface area (Å²) in [5.74, 6) is 0. The Bertz CT molecular complexity index is 6540. The Balaban J connectivity index is 0.000000137. The summed E-state index contributed by atoms with van der Waals surface area (Å²) >= 11 is 9.28. The summed E-state index contributed by atoms with van der Waals surface area (Å²) in [6.45, 7) is 8.40. The zero-order valence-corrected chi connectivity index (χ0v) is 67.7. The van der Waals surface area contributed by atoms with E-state index in [2.05, 4.69) is 467 Å². The first-order valence-corrected chi connectivity index (χ1v) is 40.9. The molecule has 3 heterocycles. The minimum atomic E-state index is -0.460.